The summed E-state index contributed by atoms with van der Waals surface area (Å²) in [7, 11) is -14.1. The third-order valence-corrected chi connectivity index (χ3v) is 11.0. The van der Waals surface area contributed by atoms with E-state index in [0.29, 0.717) is 16.8 Å². The van der Waals surface area contributed by atoms with Crippen molar-refractivity contribution < 1.29 is 44.0 Å². The van der Waals surface area contributed by atoms with E-state index in [1.165, 1.54) is 60.7 Å². The molecule has 7 aromatic carbocycles. The second-order valence-corrected chi connectivity index (χ2v) is 16.3. The number of anilines is 1. The van der Waals surface area contributed by atoms with Gasteiger partial charge in [-0.15, -0.1) is 25.6 Å². The van der Waals surface area contributed by atoms with Crippen molar-refractivity contribution in [3.63, 3.8) is 0 Å². The van der Waals surface area contributed by atoms with Gasteiger partial charge >= 0.3 is 0 Å². The topological polar surface area (TPSA) is 284 Å². The molecule has 6 N–H and O–H groups in total. The maximum Gasteiger partial charge on any atom is 0.295 e. The summed E-state index contributed by atoms with van der Waals surface area (Å²) in [5.41, 5.74) is 7.02. The van der Waals surface area contributed by atoms with E-state index in [9.17, 15) is 44.0 Å². The highest BCUT2D eigenvalue weighted by molar-refractivity contribution is 7.86. The van der Waals surface area contributed by atoms with Gasteiger partial charge in [0.1, 0.15) is 10.6 Å². The maximum absolute atomic E-state index is 12.2. The van der Waals surface area contributed by atoms with Gasteiger partial charge in [0.05, 0.1) is 38.2 Å². The molecule has 7 aromatic rings. The Morgan fingerprint density at radius 2 is 0.842 bits per heavy atom. The van der Waals surface area contributed by atoms with Gasteiger partial charge in [0, 0.05) is 38.0 Å². The molecule has 0 unspecified atom stereocenters. The highest BCUT2D eigenvalue weighted by atomic mass is 32.2. The average Bonchev–Trinajstić information content (AvgIpc) is 3.15. The molecule has 0 aromatic heterocycles. The number of rotatable bonds is 9. The molecule has 0 radical (unpaired) electrons. The molecule has 0 aliphatic heterocycles. The molecule has 0 spiro atoms. The molecule has 0 aliphatic rings. The van der Waals surface area contributed by atoms with Crippen molar-refractivity contribution >= 4 is 102 Å². The van der Waals surface area contributed by atoms with Crippen molar-refractivity contribution in [2.45, 2.75) is 22.1 Å². The Morgan fingerprint density at radius 1 is 0.421 bits per heavy atom. The minimum Gasteiger partial charge on any atom is -0.505 e. The summed E-state index contributed by atoms with van der Waals surface area (Å²) in [6, 6.07) is 26.5. The number of hydrogen-bond donors (Lipinski definition) is 5. The van der Waals surface area contributed by atoms with Crippen molar-refractivity contribution in [3.8, 4) is 5.75 Å². The van der Waals surface area contributed by atoms with Gasteiger partial charge in [0.2, 0.25) is 0 Å². The van der Waals surface area contributed by atoms with Crippen molar-refractivity contribution in [2.75, 3.05) is 5.73 Å². The van der Waals surface area contributed by atoms with Gasteiger partial charge in [-0.3, -0.25) is 13.7 Å². The Bertz CT molecular complexity index is 3190. The van der Waals surface area contributed by atoms with E-state index in [1.807, 2.05) is 0 Å². The average molecular weight is 828 g/mol. The second-order valence-electron chi connectivity index (χ2n) is 12.0. The summed E-state index contributed by atoms with van der Waals surface area (Å²) < 4.78 is 102. The lowest BCUT2D eigenvalue weighted by molar-refractivity contribution is 0.478. The van der Waals surface area contributed by atoms with Crippen LogP contribution in [0.15, 0.2) is 161 Å². The first-order valence-corrected chi connectivity index (χ1v) is 20.2. The lowest BCUT2D eigenvalue weighted by atomic mass is 10.1. The van der Waals surface area contributed by atoms with Crippen LogP contribution in [0.25, 0.3) is 32.3 Å². The lowest BCUT2D eigenvalue weighted by Gasteiger charge is -2.09. The fourth-order valence-electron chi connectivity index (χ4n) is 5.73. The van der Waals surface area contributed by atoms with Crippen LogP contribution < -0.4 is 5.73 Å². The van der Waals surface area contributed by atoms with E-state index >= 15 is 0 Å². The molecular weight excluding hydrogens is 799 g/mol. The van der Waals surface area contributed by atoms with E-state index in [-0.39, 0.29) is 62.8 Å². The molecule has 290 valence electrons. The zero-order chi connectivity index (χ0) is 40.0. The minimum absolute atomic E-state index is 0. The predicted octanol–water partition coefficient (Wildman–Crippen LogP) is 10.1. The Labute approximate surface area is 324 Å². The van der Waals surface area contributed by atoms with E-state index < -0.39 is 50.8 Å². The summed E-state index contributed by atoms with van der Waals surface area (Å²) in [6.45, 7) is 0. The molecule has 17 nitrogen and oxygen atoms in total. The van der Waals surface area contributed by atoms with Gasteiger partial charge in [-0.25, -0.2) is 0 Å². The molecule has 0 saturated heterocycles. The maximum atomic E-state index is 12.2. The summed E-state index contributed by atoms with van der Waals surface area (Å²) >= 11 is 0. The van der Waals surface area contributed by atoms with Gasteiger partial charge in [-0.2, -0.15) is 30.4 Å². The molecular formula is C37H29N7O10S3. The van der Waals surface area contributed by atoms with Crippen LogP contribution in [0.2, 0.25) is 0 Å². The Hall–Kier alpha value is -6.55. The first-order chi connectivity index (χ1) is 26.5. The van der Waals surface area contributed by atoms with Crippen LogP contribution in [0.5, 0.6) is 5.75 Å². The van der Waals surface area contributed by atoms with E-state index in [4.69, 9.17) is 5.73 Å². The number of nitrogens with zero attached hydrogens (tertiary/aromatic N) is 6. The van der Waals surface area contributed by atoms with Crippen molar-refractivity contribution in [1.29, 1.82) is 0 Å². The number of fused-ring (bicyclic) bond motifs is 3. The monoisotopic (exact) mass is 827 g/mol. The lowest BCUT2D eigenvalue weighted by Crippen LogP contribution is -1.99. The van der Waals surface area contributed by atoms with Gasteiger partial charge in [-0.05, 0) is 78.9 Å². The summed E-state index contributed by atoms with van der Waals surface area (Å²) in [6.07, 6.45) is 0. The third-order valence-electron chi connectivity index (χ3n) is 8.41. The van der Waals surface area contributed by atoms with Crippen molar-refractivity contribution in [3.05, 3.63) is 115 Å². The van der Waals surface area contributed by atoms with Crippen LogP contribution in [-0.2, 0) is 30.4 Å². The number of phenolic OH excluding ortho intramolecular Hbond substituents is 1. The molecule has 57 heavy (non-hydrogen) atoms. The normalized spacial score (nSPS) is 12.7. The van der Waals surface area contributed by atoms with E-state index in [0.717, 1.165) is 24.3 Å². The second kappa shape index (κ2) is 15.2. The number of azo groups is 3. The van der Waals surface area contributed by atoms with Crippen LogP contribution in [-0.4, -0.2) is 44.0 Å². The molecule has 0 fully saturated rings. The molecule has 0 aliphatic carbocycles. The Balaban J connectivity index is 0.00000549. The first-order valence-electron chi connectivity index (χ1n) is 15.9. The smallest absolute Gasteiger partial charge is 0.295 e. The standard InChI is InChI=1S/C36H25N7O10S3.CH4/c37-20-5-7-21(8-6-20)38-39-32-15-13-30(24-11-9-22(17-28(24)32)54(45,46)47)40-42-33-16-14-31(25-12-10-23(18-29(25)33)55(48,49)50)41-43-34-19-35(56(51,52)53)26-3-1-2-4-27(26)36(34)44;/h1-19,44H,37H2,(H,45,46,47)(H,48,49,50)(H,51,52,53);1H4. The quantitative estimate of drug-likeness (QED) is 0.0518. The first kappa shape index (κ1) is 40.1. The Morgan fingerprint density at radius 3 is 1.30 bits per heavy atom. The number of nitrogen functional groups attached to an aromatic ring is 1. The number of aromatic hydroxyl groups is 1. The fourth-order valence-corrected chi connectivity index (χ4v) is 7.46. The van der Waals surface area contributed by atoms with E-state index in [2.05, 4.69) is 30.7 Å². The molecule has 7 rings (SSSR count). The van der Waals surface area contributed by atoms with Crippen molar-refractivity contribution in [1.82, 2.24) is 0 Å². The zero-order valence-corrected chi connectivity index (χ0v) is 30.6. The number of nitrogens with two attached hydrogens (primary N) is 1. The molecule has 0 bridgehead atoms. The number of phenols is 1. The third kappa shape index (κ3) is 8.35. The zero-order valence-electron chi connectivity index (χ0n) is 28.2. The van der Waals surface area contributed by atoms with Crippen LogP contribution in [0.3, 0.4) is 0 Å². The number of benzene rings is 7. The van der Waals surface area contributed by atoms with Gasteiger partial charge in [0.15, 0.2) is 5.75 Å². The summed E-state index contributed by atoms with van der Waals surface area (Å²) in [4.78, 5) is -1.42. The highest BCUT2D eigenvalue weighted by Gasteiger charge is 2.20. The van der Waals surface area contributed by atoms with Crippen LogP contribution in [0.1, 0.15) is 7.43 Å². The predicted molar refractivity (Wildman–Crippen MR) is 213 cm³/mol. The summed E-state index contributed by atoms with van der Waals surface area (Å²) in [5.74, 6) is -0.422. The highest BCUT2D eigenvalue weighted by Crippen LogP contribution is 2.42. The molecule has 0 atom stereocenters. The Kier molecular flexibility index (Phi) is 10.7. The van der Waals surface area contributed by atoms with Crippen LogP contribution in [0, 0.1) is 0 Å². The molecule has 0 heterocycles. The van der Waals surface area contributed by atoms with Crippen LogP contribution >= 0.6 is 0 Å². The SMILES string of the molecule is C.Nc1ccc(N=Nc2ccc(N=Nc3ccc(N=Nc4cc(S(=O)(=O)O)c5ccccc5c4O)c4ccc(S(=O)(=O)O)cc34)c3ccc(S(=O)(=O)O)cc23)cc1. The van der Waals surface area contributed by atoms with Gasteiger partial charge in [-0.1, -0.05) is 43.8 Å². The fraction of sp³-hybridized carbons (Fsp3) is 0.0270. The van der Waals surface area contributed by atoms with Gasteiger partial charge < -0.3 is 10.8 Å². The van der Waals surface area contributed by atoms with Gasteiger partial charge in [0.25, 0.3) is 30.4 Å². The van der Waals surface area contributed by atoms with E-state index in [1.54, 1.807) is 30.3 Å². The van der Waals surface area contributed by atoms with Crippen molar-refractivity contribution in [2.24, 2.45) is 30.7 Å². The van der Waals surface area contributed by atoms with Crippen LogP contribution in [0.4, 0.5) is 39.8 Å². The molecule has 20 heteroatoms. The summed E-state index contributed by atoms with van der Waals surface area (Å²) in [5, 5.41) is 37.3. The number of hydrogen-bond acceptors (Lipinski definition) is 14. The minimum atomic E-state index is -4.75. The molecule has 0 saturated carbocycles. The molecule has 0 amide bonds. The largest absolute Gasteiger partial charge is 0.505 e.